The Morgan fingerprint density at radius 2 is 1.88 bits per heavy atom. The third-order valence-electron chi connectivity index (χ3n) is 9.02. The van der Waals surface area contributed by atoms with E-state index in [1.165, 1.54) is 6.07 Å². The molecule has 3 N–H and O–H groups in total. The Kier molecular flexibility index (Phi) is 5.02. The van der Waals surface area contributed by atoms with Crippen molar-refractivity contribution >= 4 is 11.4 Å². The van der Waals surface area contributed by atoms with E-state index < -0.39 is 17.8 Å². The SMILES string of the molecule is CC1(O)CC(N)(c2ncc(-c3ccn4nc5c(c4c3)[C@@H]3C[C@H]5N(C4CC4)C(=O)c4cccc(OC(F)F)c43)cn2)C1. The molecule has 0 spiro atoms. The van der Waals surface area contributed by atoms with Gasteiger partial charge in [-0.3, -0.25) is 4.79 Å². The number of carbonyl (C=O) groups is 1. The van der Waals surface area contributed by atoms with Crippen LogP contribution in [-0.4, -0.2) is 53.8 Å². The van der Waals surface area contributed by atoms with Crippen LogP contribution in [0.5, 0.6) is 5.75 Å². The third kappa shape index (κ3) is 3.71. The van der Waals surface area contributed by atoms with E-state index in [1.807, 2.05) is 23.2 Å². The third-order valence-corrected chi connectivity index (χ3v) is 9.02. The Bertz CT molecular complexity index is 1720. The minimum absolute atomic E-state index is 0.0327. The molecule has 2 saturated carbocycles. The van der Waals surface area contributed by atoms with Gasteiger partial charge < -0.3 is 20.5 Å². The van der Waals surface area contributed by atoms with Crippen LogP contribution in [0.15, 0.2) is 48.9 Å². The van der Waals surface area contributed by atoms with Crippen LogP contribution in [0.25, 0.3) is 16.6 Å². The van der Waals surface area contributed by atoms with Crippen molar-refractivity contribution < 1.29 is 23.4 Å². The second-order valence-electron chi connectivity index (χ2n) is 12.2. The number of fused-ring (bicyclic) bond motifs is 9. The van der Waals surface area contributed by atoms with Gasteiger partial charge >= 0.3 is 6.61 Å². The fourth-order valence-corrected chi connectivity index (χ4v) is 7.37. The number of halogens is 2. The maximum atomic E-state index is 13.8. The van der Waals surface area contributed by atoms with Gasteiger partial charge in [-0.1, -0.05) is 6.07 Å². The zero-order valence-corrected chi connectivity index (χ0v) is 22.3. The van der Waals surface area contributed by atoms with Crippen LogP contribution in [0.3, 0.4) is 0 Å². The number of rotatable bonds is 5. The Morgan fingerprint density at radius 3 is 2.56 bits per heavy atom. The number of nitrogens with two attached hydrogens (primary N) is 1. The smallest absolute Gasteiger partial charge is 0.387 e. The van der Waals surface area contributed by atoms with Gasteiger partial charge in [0.15, 0.2) is 0 Å². The number of amides is 1. The highest BCUT2D eigenvalue weighted by molar-refractivity contribution is 5.99. The molecule has 0 unspecified atom stereocenters. The van der Waals surface area contributed by atoms with E-state index >= 15 is 0 Å². The van der Waals surface area contributed by atoms with Crippen LogP contribution in [0, 0.1) is 0 Å². The summed E-state index contributed by atoms with van der Waals surface area (Å²) in [5.41, 5.74) is 10.0. The van der Waals surface area contributed by atoms with E-state index in [0.29, 0.717) is 36.2 Å². The normalized spacial score (nSPS) is 28.4. The van der Waals surface area contributed by atoms with Crippen molar-refractivity contribution in [2.75, 3.05) is 0 Å². The zero-order chi connectivity index (χ0) is 28.3. The summed E-state index contributed by atoms with van der Waals surface area (Å²) in [6, 6.07) is 8.64. The molecule has 41 heavy (non-hydrogen) atoms. The number of aliphatic hydroxyl groups is 1. The van der Waals surface area contributed by atoms with Crippen LogP contribution in [-0.2, 0) is 5.54 Å². The predicted molar refractivity (Wildman–Crippen MR) is 143 cm³/mol. The topological polar surface area (TPSA) is 119 Å². The van der Waals surface area contributed by atoms with Crippen molar-refractivity contribution in [3.63, 3.8) is 0 Å². The molecule has 4 aromatic rings. The summed E-state index contributed by atoms with van der Waals surface area (Å²) in [7, 11) is 0. The number of ether oxygens (including phenoxy) is 1. The Labute approximate surface area is 234 Å². The van der Waals surface area contributed by atoms with Gasteiger partial charge in [0.05, 0.1) is 28.4 Å². The largest absolute Gasteiger partial charge is 0.434 e. The molecule has 1 aliphatic heterocycles. The van der Waals surface area contributed by atoms with Crippen LogP contribution in [0.4, 0.5) is 8.78 Å². The molecule has 210 valence electrons. The number of carbonyl (C=O) groups excluding carboxylic acids is 1. The summed E-state index contributed by atoms with van der Waals surface area (Å²) in [6.45, 7) is -1.25. The first-order valence-corrected chi connectivity index (χ1v) is 13.9. The molecular weight excluding hydrogens is 530 g/mol. The second kappa shape index (κ2) is 8.29. The van der Waals surface area contributed by atoms with Crippen molar-refractivity contribution in [2.45, 2.75) is 74.8 Å². The second-order valence-corrected chi connectivity index (χ2v) is 12.2. The lowest BCUT2D eigenvalue weighted by Crippen LogP contribution is -2.59. The lowest BCUT2D eigenvalue weighted by atomic mass is 9.66. The first kappa shape index (κ1) is 24.8. The molecule has 0 saturated heterocycles. The molecule has 1 amide bonds. The molecule has 2 bridgehead atoms. The molecule has 3 aliphatic carbocycles. The molecule has 4 aliphatic rings. The Hall–Kier alpha value is -3.96. The molecule has 9 nitrogen and oxygen atoms in total. The van der Waals surface area contributed by atoms with Gasteiger partial charge in [-0.2, -0.15) is 13.9 Å². The van der Waals surface area contributed by atoms with E-state index in [2.05, 4.69) is 9.97 Å². The molecule has 0 radical (unpaired) electrons. The van der Waals surface area contributed by atoms with Crippen LogP contribution in [0.2, 0.25) is 0 Å². The average Bonchev–Trinajstić information content (AvgIpc) is 3.61. The lowest BCUT2D eigenvalue weighted by molar-refractivity contribution is -0.0769. The fraction of sp³-hybridized carbons (Fsp3) is 0.400. The van der Waals surface area contributed by atoms with Gasteiger partial charge in [-0.15, -0.1) is 0 Å². The maximum Gasteiger partial charge on any atom is 0.387 e. The van der Waals surface area contributed by atoms with E-state index in [9.17, 15) is 18.7 Å². The van der Waals surface area contributed by atoms with Crippen LogP contribution >= 0.6 is 0 Å². The molecule has 1 aromatic carbocycles. The Morgan fingerprint density at radius 1 is 1.12 bits per heavy atom. The number of nitrogens with zero attached hydrogens (tertiary/aromatic N) is 5. The first-order chi connectivity index (χ1) is 19.6. The zero-order valence-electron chi connectivity index (χ0n) is 22.3. The molecule has 2 atom stereocenters. The number of aromatic nitrogens is 4. The molecular formula is C30H28F2N6O3. The summed E-state index contributed by atoms with van der Waals surface area (Å²) in [5.74, 6) is 0.0472. The molecule has 2 fully saturated rings. The van der Waals surface area contributed by atoms with Crippen molar-refractivity contribution in [1.29, 1.82) is 0 Å². The number of pyridine rings is 1. The van der Waals surface area contributed by atoms with Gasteiger partial charge in [0, 0.05) is 65.6 Å². The number of hydrogen-bond acceptors (Lipinski definition) is 7. The first-order valence-electron chi connectivity index (χ1n) is 13.9. The molecule has 4 heterocycles. The average molecular weight is 559 g/mol. The van der Waals surface area contributed by atoms with Gasteiger partial charge in [0.2, 0.25) is 0 Å². The number of benzene rings is 1. The van der Waals surface area contributed by atoms with Crippen molar-refractivity contribution in [2.24, 2.45) is 5.73 Å². The summed E-state index contributed by atoms with van der Waals surface area (Å²) in [4.78, 5) is 24.8. The van der Waals surface area contributed by atoms with E-state index in [-0.39, 0.29) is 29.7 Å². The van der Waals surface area contributed by atoms with E-state index in [1.54, 1.807) is 36.0 Å². The highest BCUT2D eigenvalue weighted by Gasteiger charge is 2.52. The van der Waals surface area contributed by atoms with Crippen molar-refractivity contribution in [3.8, 4) is 16.9 Å². The van der Waals surface area contributed by atoms with E-state index in [4.69, 9.17) is 15.6 Å². The molecule has 11 heteroatoms. The minimum atomic E-state index is -3.01. The summed E-state index contributed by atoms with van der Waals surface area (Å²) in [5, 5.41) is 15.1. The maximum absolute atomic E-state index is 13.8. The Balaban J connectivity index is 1.24. The van der Waals surface area contributed by atoms with Crippen molar-refractivity contribution in [3.05, 3.63) is 77.1 Å². The lowest BCUT2D eigenvalue weighted by Gasteiger charge is -2.48. The van der Waals surface area contributed by atoms with Gasteiger partial charge in [0.25, 0.3) is 5.91 Å². The van der Waals surface area contributed by atoms with Crippen LogP contribution in [0.1, 0.15) is 84.0 Å². The highest BCUT2D eigenvalue weighted by Crippen LogP contribution is 2.56. The van der Waals surface area contributed by atoms with Gasteiger partial charge in [0.1, 0.15) is 11.6 Å². The summed E-state index contributed by atoms with van der Waals surface area (Å²) >= 11 is 0. The van der Waals surface area contributed by atoms with Gasteiger partial charge in [-0.25, -0.2) is 14.5 Å². The van der Waals surface area contributed by atoms with Crippen molar-refractivity contribution in [1.82, 2.24) is 24.5 Å². The minimum Gasteiger partial charge on any atom is -0.434 e. The highest BCUT2D eigenvalue weighted by atomic mass is 19.3. The van der Waals surface area contributed by atoms with E-state index in [0.717, 1.165) is 40.7 Å². The summed E-state index contributed by atoms with van der Waals surface area (Å²) in [6.07, 6.45) is 8.52. The standard InChI is InChI=1S/C30H28F2N6O3/c1-29(40)13-30(33,14-29)27-34-11-16(12-35-27)15-7-8-37-20(9-15)24-19-10-21(25(24)36-37)38(17-5-6-17)26(39)18-3-2-4-22(23(18)19)41-28(31)32/h2-4,7-9,11-12,17,19,21,28,40H,5-6,10,13-14,33H2,1H3/t19-,21-,29?,30?/m1/s1. The summed E-state index contributed by atoms with van der Waals surface area (Å²) < 4.78 is 33.7. The monoisotopic (exact) mass is 558 g/mol. The quantitative estimate of drug-likeness (QED) is 0.375. The number of hydrogen-bond donors (Lipinski definition) is 2. The van der Waals surface area contributed by atoms with Crippen LogP contribution < -0.4 is 10.5 Å². The van der Waals surface area contributed by atoms with Gasteiger partial charge in [-0.05, 0) is 56.0 Å². The number of alkyl halides is 2. The fourth-order valence-electron chi connectivity index (χ4n) is 7.37. The molecule has 8 rings (SSSR count). The predicted octanol–water partition coefficient (Wildman–Crippen LogP) is 4.29. The molecule has 3 aromatic heterocycles.